The van der Waals surface area contributed by atoms with Crippen molar-refractivity contribution in [3.05, 3.63) is 57.8 Å². The van der Waals surface area contributed by atoms with E-state index in [-0.39, 0.29) is 0 Å². The van der Waals surface area contributed by atoms with E-state index >= 15 is 0 Å². The molecule has 1 heterocycles. The zero-order valence-corrected chi connectivity index (χ0v) is 15.1. The molecule has 0 aliphatic carbocycles. The zero-order chi connectivity index (χ0) is 17.8. The van der Waals surface area contributed by atoms with E-state index in [0.29, 0.717) is 27.1 Å². The standard InChI is InChI=1S/C17H15ClN4O2S/c1-23-14-5-3-4-12(15(14)24-2)10-19-22-16(20-21-17(22)25)11-6-8-13(18)9-7-11/h3-10H,1-2H3,(H,21,25)/b19-10-. The Labute approximate surface area is 154 Å². The third-order valence-corrected chi connectivity index (χ3v) is 4.01. The maximum atomic E-state index is 5.94. The van der Waals surface area contributed by atoms with Gasteiger partial charge in [0.05, 0.1) is 20.4 Å². The number of nitrogens with zero attached hydrogens (tertiary/aromatic N) is 3. The minimum atomic E-state index is 0.378. The summed E-state index contributed by atoms with van der Waals surface area (Å²) in [6.45, 7) is 0. The number of aromatic nitrogens is 3. The van der Waals surface area contributed by atoms with Crippen molar-refractivity contribution in [3.63, 3.8) is 0 Å². The largest absolute Gasteiger partial charge is 0.493 e. The monoisotopic (exact) mass is 374 g/mol. The van der Waals surface area contributed by atoms with Crippen molar-refractivity contribution in [1.29, 1.82) is 0 Å². The van der Waals surface area contributed by atoms with Gasteiger partial charge in [-0.05, 0) is 48.6 Å². The quantitative estimate of drug-likeness (QED) is 0.538. The summed E-state index contributed by atoms with van der Waals surface area (Å²) in [7, 11) is 3.17. The van der Waals surface area contributed by atoms with E-state index in [4.69, 9.17) is 33.3 Å². The lowest BCUT2D eigenvalue weighted by Crippen LogP contribution is -1.98. The second-order valence-corrected chi connectivity index (χ2v) is 5.82. The maximum absolute atomic E-state index is 5.94. The van der Waals surface area contributed by atoms with E-state index in [0.717, 1.165) is 11.1 Å². The van der Waals surface area contributed by atoms with Gasteiger partial charge in [0.15, 0.2) is 17.3 Å². The van der Waals surface area contributed by atoms with E-state index in [1.54, 1.807) is 32.6 Å². The molecule has 128 valence electrons. The van der Waals surface area contributed by atoms with Crippen LogP contribution in [0.3, 0.4) is 0 Å². The number of para-hydroxylation sites is 1. The van der Waals surface area contributed by atoms with Crippen molar-refractivity contribution >= 4 is 30.0 Å². The highest BCUT2D eigenvalue weighted by Gasteiger charge is 2.10. The number of nitrogens with one attached hydrogen (secondary N) is 1. The molecular formula is C17H15ClN4O2S. The molecule has 1 aromatic heterocycles. The van der Waals surface area contributed by atoms with E-state index in [9.17, 15) is 0 Å². The van der Waals surface area contributed by atoms with Gasteiger partial charge in [-0.15, -0.1) is 0 Å². The van der Waals surface area contributed by atoms with Crippen molar-refractivity contribution in [1.82, 2.24) is 14.9 Å². The molecule has 3 rings (SSSR count). The second kappa shape index (κ2) is 7.50. The number of aromatic amines is 1. The summed E-state index contributed by atoms with van der Waals surface area (Å²) in [5, 5.41) is 12.1. The van der Waals surface area contributed by atoms with Crippen LogP contribution in [0.1, 0.15) is 5.56 Å². The summed E-state index contributed by atoms with van der Waals surface area (Å²) in [5.41, 5.74) is 1.60. The molecule has 1 N–H and O–H groups in total. The Bertz CT molecular complexity index is 964. The van der Waals surface area contributed by atoms with Gasteiger partial charge in [-0.3, -0.25) is 0 Å². The predicted octanol–water partition coefficient (Wildman–Crippen LogP) is 4.16. The van der Waals surface area contributed by atoms with Gasteiger partial charge in [-0.25, -0.2) is 5.10 Å². The van der Waals surface area contributed by atoms with Gasteiger partial charge in [0.25, 0.3) is 0 Å². The molecule has 0 saturated carbocycles. The number of methoxy groups -OCH3 is 2. The summed E-state index contributed by atoms with van der Waals surface area (Å²) < 4.78 is 12.6. The molecule has 3 aromatic rings. The molecule has 0 atom stereocenters. The molecule has 0 fully saturated rings. The van der Waals surface area contributed by atoms with E-state index in [1.165, 1.54) is 4.68 Å². The van der Waals surface area contributed by atoms with Crippen LogP contribution in [-0.4, -0.2) is 35.3 Å². The fourth-order valence-corrected chi connectivity index (χ4v) is 2.62. The lowest BCUT2D eigenvalue weighted by atomic mass is 10.2. The molecule has 25 heavy (non-hydrogen) atoms. The van der Waals surface area contributed by atoms with E-state index < -0.39 is 0 Å². The van der Waals surface area contributed by atoms with Gasteiger partial charge >= 0.3 is 0 Å². The zero-order valence-electron chi connectivity index (χ0n) is 13.6. The maximum Gasteiger partial charge on any atom is 0.216 e. The lowest BCUT2D eigenvalue weighted by Gasteiger charge is -2.09. The molecule has 2 aromatic carbocycles. The van der Waals surface area contributed by atoms with Crippen molar-refractivity contribution in [3.8, 4) is 22.9 Å². The molecule has 0 unspecified atom stereocenters. The number of hydrogen-bond acceptors (Lipinski definition) is 5. The molecule has 0 radical (unpaired) electrons. The number of H-pyrrole nitrogens is 1. The Morgan fingerprint density at radius 2 is 1.92 bits per heavy atom. The molecule has 0 aliphatic heterocycles. The number of hydrogen-bond donors (Lipinski definition) is 1. The third-order valence-electron chi connectivity index (χ3n) is 3.50. The lowest BCUT2D eigenvalue weighted by molar-refractivity contribution is 0.354. The van der Waals surface area contributed by atoms with Gasteiger partial charge in [0, 0.05) is 16.1 Å². The minimum absolute atomic E-state index is 0.378. The van der Waals surface area contributed by atoms with Gasteiger partial charge in [0.1, 0.15) is 0 Å². The fourth-order valence-electron chi connectivity index (χ4n) is 2.32. The molecule has 0 saturated heterocycles. The number of ether oxygens (including phenoxy) is 2. The van der Waals surface area contributed by atoms with Gasteiger partial charge < -0.3 is 9.47 Å². The molecule has 0 spiro atoms. The first kappa shape index (κ1) is 17.2. The molecule has 6 nitrogen and oxygen atoms in total. The van der Waals surface area contributed by atoms with E-state index in [1.807, 2.05) is 30.3 Å². The number of rotatable bonds is 5. The third kappa shape index (κ3) is 3.57. The van der Waals surface area contributed by atoms with Crippen LogP contribution in [0.5, 0.6) is 11.5 Å². The van der Waals surface area contributed by atoms with Crippen LogP contribution in [0.15, 0.2) is 47.6 Å². The summed E-state index contributed by atoms with van der Waals surface area (Å²) in [6.07, 6.45) is 1.64. The normalized spacial score (nSPS) is 11.0. The topological polar surface area (TPSA) is 64.4 Å². The van der Waals surface area contributed by atoms with Crippen molar-refractivity contribution in [2.24, 2.45) is 5.10 Å². The van der Waals surface area contributed by atoms with Gasteiger partial charge in [-0.2, -0.15) is 14.9 Å². The SMILES string of the molecule is COc1cccc(/C=N\n2c(-c3ccc(Cl)cc3)n[nH]c2=S)c1OC. The fraction of sp³-hybridized carbons (Fsp3) is 0.118. The van der Waals surface area contributed by atoms with E-state index in [2.05, 4.69) is 15.3 Å². The van der Waals surface area contributed by atoms with Crippen LogP contribution >= 0.6 is 23.8 Å². The highest BCUT2D eigenvalue weighted by atomic mass is 35.5. The minimum Gasteiger partial charge on any atom is -0.493 e. The average molecular weight is 375 g/mol. The smallest absolute Gasteiger partial charge is 0.216 e. The Morgan fingerprint density at radius 1 is 1.16 bits per heavy atom. The molecular weight excluding hydrogens is 360 g/mol. The summed E-state index contributed by atoms with van der Waals surface area (Å²) in [5.74, 6) is 1.80. The highest BCUT2D eigenvalue weighted by Crippen LogP contribution is 2.29. The van der Waals surface area contributed by atoms with Crippen LogP contribution in [0, 0.1) is 4.77 Å². The first-order valence-corrected chi connectivity index (χ1v) is 8.11. The second-order valence-electron chi connectivity index (χ2n) is 5.00. The van der Waals surface area contributed by atoms with Crippen LogP contribution < -0.4 is 9.47 Å². The van der Waals surface area contributed by atoms with Crippen molar-refractivity contribution < 1.29 is 9.47 Å². The Kier molecular flexibility index (Phi) is 5.16. The van der Waals surface area contributed by atoms with Crippen molar-refractivity contribution in [2.45, 2.75) is 0 Å². The number of benzene rings is 2. The molecule has 0 bridgehead atoms. The van der Waals surface area contributed by atoms with Gasteiger partial charge in [0.2, 0.25) is 4.77 Å². The van der Waals surface area contributed by atoms with Crippen LogP contribution in [0.25, 0.3) is 11.4 Å². The van der Waals surface area contributed by atoms with Crippen molar-refractivity contribution in [2.75, 3.05) is 14.2 Å². The summed E-state index contributed by atoms with van der Waals surface area (Å²) >= 11 is 11.2. The number of halogens is 1. The Hall–Kier alpha value is -2.64. The Morgan fingerprint density at radius 3 is 2.60 bits per heavy atom. The first-order chi connectivity index (χ1) is 12.1. The highest BCUT2D eigenvalue weighted by molar-refractivity contribution is 7.71. The van der Waals surface area contributed by atoms with Crippen LogP contribution in [-0.2, 0) is 0 Å². The first-order valence-electron chi connectivity index (χ1n) is 7.32. The van der Waals surface area contributed by atoms with Crippen LogP contribution in [0.2, 0.25) is 5.02 Å². The summed E-state index contributed by atoms with van der Waals surface area (Å²) in [4.78, 5) is 0. The molecule has 0 amide bonds. The molecule has 8 heteroatoms. The summed E-state index contributed by atoms with van der Waals surface area (Å²) in [6, 6.07) is 12.8. The molecule has 0 aliphatic rings. The average Bonchev–Trinajstić information content (AvgIpc) is 3.00. The van der Waals surface area contributed by atoms with Gasteiger partial charge in [-0.1, -0.05) is 17.7 Å². The van der Waals surface area contributed by atoms with Crippen LogP contribution in [0.4, 0.5) is 0 Å². The predicted molar refractivity (Wildman–Crippen MR) is 100 cm³/mol. The Balaban J connectivity index is 2.02.